The van der Waals surface area contributed by atoms with Crippen molar-refractivity contribution in [2.75, 3.05) is 0 Å². The van der Waals surface area contributed by atoms with Crippen molar-refractivity contribution in [1.82, 2.24) is 9.55 Å². The molecule has 4 heteroatoms. The molecule has 0 spiro atoms. The van der Waals surface area contributed by atoms with Crippen LogP contribution in [0.2, 0.25) is 0 Å². The van der Waals surface area contributed by atoms with Crippen molar-refractivity contribution >= 4 is 21.7 Å². The van der Waals surface area contributed by atoms with E-state index in [2.05, 4.69) is 20.9 Å². The van der Waals surface area contributed by atoms with Crippen LogP contribution >= 0.6 is 15.9 Å². The number of ketones is 1. The third-order valence-electron chi connectivity index (χ3n) is 2.40. The smallest absolute Gasteiger partial charge is 0.182 e. The van der Waals surface area contributed by atoms with Gasteiger partial charge in [-0.1, -0.05) is 28.1 Å². The summed E-state index contributed by atoms with van der Waals surface area (Å²) in [5, 5.41) is 0. The van der Waals surface area contributed by atoms with Crippen molar-refractivity contribution in [3.63, 3.8) is 0 Å². The van der Waals surface area contributed by atoms with E-state index >= 15 is 0 Å². The zero-order valence-corrected chi connectivity index (χ0v) is 10.4. The molecule has 2 rings (SSSR count). The fourth-order valence-corrected chi connectivity index (χ4v) is 1.72. The van der Waals surface area contributed by atoms with Crippen LogP contribution in [0.25, 0.3) is 0 Å². The standard InChI is InChI=1S/C12H11BrN2O/c1-9-14-6-7-15(9)8-12(16)10-2-4-11(13)5-3-10/h2-7H,8H2,1H3. The summed E-state index contributed by atoms with van der Waals surface area (Å²) in [4.78, 5) is 16.0. The summed E-state index contributed by atoms with van der Waals surface area (Å²) in [5.74, 6) is 0.944. The van der Waals surface area contributed by atoms with E-state index in [1.807, 2.05) is 42.0 Å². The number of rotatable bonds is 3. The minimum Gasteiger partial charge on any atom is -0.327 e. The molecule has 0 bridgehead atoms. The van der Waals surface area contributed by atoms with E-state index in [9.17, 15) is 4.79 Å². The topological polar surface area (TPSA) is 34.9 Å². The van der Waals surface area contributed by atoms with E-state index in [1.54, 1.807) is 6.20 Å². The monoisotopic (exact) mass is 278 g/mol. The molecule has 0 saturated heterocycles. The first kappa shape index (κ1) is 11.1. The molecule has 0 aliphatic rings. The fraction of sp³-hybridized carbons (Fsp3) is 0.167. The predicted octanol–water partition coefficient (Wildman–Crippen LogP) is 2.84. The maximum Gasteiger partial charge on any atom is 0.182 e. The first-order valence-electron chi connectivity index (χ1n) is 4.93. The van der Waals surface area contributed by atoms with Gasteiger partial charge in [-0.25, -0.2) is 4.98 Å². The summed E-state index contributed by atoms with van der Waals surface area (Å²) >= 11 is 3.34. The Labute approximate surface area is 102 Å². The van der Waals surface area contributed by atoms with Crippen LogP contribution in [0.1, 0.15) is 16.2 Å². The second-order valence-electron chi connectivity index (χ2n) is 3.53. The Morgan fingerprint density at radius 1 is 1.38 bits per heavy atom. The summed E-state index contributed by atoms with van der Waals surface area (Å²) in [7, 11) is 0. The highest BCUT2D eigenvalue weighted by Crippen LogP contribution is 2.11. The summed E-state index contributed by atoms with van der Waals surface area (Å²) in [6.07, 6.45) is 3.51. The van der Waals surface area contributed by atoms with Gasteiger partial charge < -0.3 is 4.57 Å². The normalized spacial score (nSPS) is 10.4. The lowest BCUT2D eigenvalue weighted by atomic mass is 10.1. The third-order valence-corrected chi connectivity index (χ3v) is 2.93. The van der Waals surface area contributed by atoms with E-state index in [0.717, 1.165) is 15.9 Å². The number of aryl methyl sites for hydroxylation is 1. The van der Waals surface area contributed by atoms with Gasteiger partial charge in [0.05, 0.1) is 6.54 Å². The van der Waals surface area contributed by atoms with Crippen LogP contribution in [0.5, 0.6) is 0 Å². The number of benzene rings is 1. The summed E-state index contributed by atoms with van der Waals surface area (Å²) < 4.78 is 2.81. The third kappa shape index (κ3) is 2.39. The maximum absolute atomic E-state index is 11.9. The van der Waals surface area contributed by atoms with Gasteiger partial charge in [-0.3, -0.25) is 4.79 Å². The molecule has 0 fully saturated rings. The van der Waals surface area contributed by atoms with Crippen LogP contribution < -0.4 is 0 Å². The molecule has 0 N–H and O–H groups in total. The van der Waals surface area contributed by atoms with Crippen molar-refractivity contribution in [3.05, 3.63) is 52.5 Å². The van der Waals surface area contributed by atoms with Crippen molar-refractivity contribution in [3.8, 4) is 0 Å². The van der Waals surface area contributed by atoms with Crippen molar-refractivity contribution in [2.45, 2.75) is 13.5 Å². The van der Waals surface area contributed by atoms with Crippen molar-refractivity contribution < 1.29 is 4.79 Å². The van der Waals surface area contributed by atoms with Gasteiger partial charge in [0.2, 0.25) is 0 Å². The lowest BCUT2D eigenvalue weighted by Gasteiger charge is -2.04. The molecule has 1 heterocycles. The Kier molecular flexibility index (Phi) is 3.19. The molecule has 0 unspecified atom stereocenters. The van der Waals surface area contributed by atoms with Gasteiger partial charge in [0.25, 0.3) is 0 Å². The highest BCUT2D eigenvalue weighted by atomic mass is 79.9. The van der Waals surface area contributed by atoms with Crippen LogP contribution in [0.3, 0.4) is 0 Å². The average Bonchev–Trinajstić information content (AvgIpc) is 2.65. The minimum absolute atomic E-state index is 0.0913. The number of Topliss-reactive ketones (excluding diaryl/α,β-unsaturated/α-hetero) is 1. The number of nitrogens with zero attached hydrogens (tertiary/aromatic N) is 2. The van der Waals surface area contributed by atoms with Gasteiger partial charge in [0, 0.05) is 22.4 Å². The van der Waals surface area contributed by atoms with Crippen molar-refractivity contribution in [2.24, 2.45) is 0 Å². The van der Waals surface area contributed by atoms with E-state index < -0.39 is 0 Å². The molecule has 0 atom stereocenters. The number of hydrogen-bond donors (Lipinski definition) is 0. The summed E-state index contributed by atoms with van der Waals surface area (Å²) in [6.45, 7) is 2.22. The Hall–Kier alpha value is -1.42. The zero-order chi connectivity index (χ0) is 11.5. The molecule has 0 saturated carbocycles. The van der Waals surface area contributed by atoms with Gasteiger partial charge in [-0.05, 0) is 19.1 Å². The fourth-order valence-electron chi connectivity index (χ4n) is 1.45. The molecule has 3 nitrogen and oxygen atoms in total. The highest BCUT2D eigenvalue weighted by Gasteiger charge is 2.07. The highest BCUT2D eigenvalue weighted by molar-refractivity contribution is 9.10. The van der Waals surface area contributed by atoms with E-state index in [0.29, 0.717) is 6.54 Å². The molecule has 0 radical (unpaired) electrons. The SMILES string of the molecule is Cc1nccn1CC(=O)c1ccc(Br)cc1. The minimum atomic E-state index is 0.0913. The van der Waals surface area contributed by atoms with E-state index in [-0.39, 0.29) is 5.78 Å². The molecular formula is C12H11BrN2O. The second kappa shape index (κ2) is 4.61. The molecular weight excluding hydrogens is 268 g/mol. The molecule has 1 aromatic heterocycles. The molecule has 0 amide bonds. The van der Waals surface area contributed by atoms with Crippen LogP contribution in [0.15, 0.2) is 41.1 Å². The summed E-state index contributed by atoms with van der Waals surface area (Å²) in [6, 6.07) is 7.37. The first-order valence-corrected chi connectivity index (χ1v) is 5.72. The van der Waals surface area contributed by atoms with Gasteiger partial charge in [0.1, 0.15) is 5.82 Å². The Morgan fingerprint density at radius 2 is 2.06 bits per heavy atom. The maximum atomic E-state index is 11.9. The lowest BCUT2D eigenvalue weighted by Crippen LogP contribution is -2.10. The first-order chi connectivity index (χ1) is 7.66. The van der Waals surface area contributed by atoms with E-state index in [4.69, 9.17) is 0 Å². The Bertz CT molecular complexity index is 502. The quantitative estimate of drug-likeness (QED) is 0.810. The predicted molar refractivity (Wildman–Crippen MR) is 65.4 cm³/mol. The zero-order valence-electron chi connectivity index (χ0n) is 8.85. The molecule has 16 heavy (non-hydrogen) atoms. The summed E-state index contributed by atoms with van der Waals surface area (Å²) in [5.41, 5.74) is 0.719. The molecule has 2 aromatic rings. The van der Waals surface area contributed by atoms with Crippen LogP contribution in [-0.2, 0) is 6.54 Å². The van der Waals surface area contributed by atoms with Crippen molar-refractivity contribution in [1.29, 1.82) is 0 Å². The number of hydrogen-bond acceptors (Lipinski definition) is 2. The molecule has 82 valence electrons. The number of imidazole rings is 1. The van der Waals surface area contributed by atoms with Crippen LogP contribution in [0.4, 0.5) is 0 Å². The van der Waals surface area contributed by atoms with Gasteiger partial charge in [-0.15, -0.1) is 0 Å². The van der Waals surface area contributed by atoms with Gasteiger partial charge >= 0.3 is 0 Å². The van der Waals surface area contributed by atoms with Crippen LogP contribution in [-0.4, -0.2) is 15.3 Å². The van der Waals surface area contributed by atoms with Gasteiger partial charge in [-0.2, -0.15) is 0 Å². The number of halogens is 1. The lowest BCUT2D eigenvalue weighted by molar-refractivity contribution is 0.0971. The van der Waals surface area contributed by atoms with Crippen LogP contribution in [0, 0.1) is 6.92 Å². The Balaban J connectivity index is 2.15. The van der Waals surface area contributed by atoms with Gasteiger partial charge in [0.15, 0.2) is 5.78 Å². The number of aromatic nitrogens is 2. The second-order valence-corrected chi connectivity index (χ2v) is 4.45. The Morgan fingerprint density at radius 3 is 2.62 bits per heavy atom. The number of carbonyl (C=O) groups excluding carboxylic acids is 1. The number of carbonyl (C=O) groups is 1. The molecule has 0 aliphatic heterocycles. The van der Waals surface area contributed by atoms with E-state index in [1.165, 1.54) is 0 Å². The molecule has 1 aromatic carbocycles. The molecule has 0 aliphatic carbocycles. The largest absolute Gasteiger partial charge is 0.327 e. The average molecular weight is 279 g/mol.